The lowest BCUT2D eigenvalue weighted by Gasteiger charge is -2.06. The molecule has 0 fully saturated rings. The lowest BCUT2D eigenvalue weighted by molar-refractivity contribution is 0.0678. The molecule has 0 aromatic carbocycles. The highest BCUT2D eigenvalue weighted by Gasteiger charge is 2.01. The van der Waals surface area contributed by atoms with Crippen molar-refractivity contribution >= 4 is 0 Å². The summed E-state index contributed by atoms with van der Waals surface area (Å²) in [7, 11) is 3.23. The molecule has 0 unspecified atom stereocenters. The number of rotatable bonds is 7. The second-order valence-electron chi connectivity index (χ2n) is 3.66. The third kappa shape index (κ3) is 4.16. The summed E-state index contributed by atoms with van der Waals surface area (Å²) in [4.78, 5) is 23.1. The van der Waals surface area contributed by atoms with E-state index in [4.69, 9.17) is 9.47 Å². The van der Waals surface area contributed by atoms with Crippen LogP contribution in [-0.2, 0) is 23.1 Å². The fraction of sp³-hybridized carbons (Fsp3) is 0.636. The van der Waals surface area contributed by atoms with Crippen molar-refractivity contribution in [3.05, 3.63) is 33.1 Å². The molecule has 0 atom stereocenters. The van der Waals surface area contributed by atoms with Gasteiger partial charge < -0.3 is 14.0 Å². The fourth-order valence-corrected chi connectivity index (χ4v) is 1.39. The Morgan fingerprint density at radius 2 is 2.00 bits per heavy atom. The first kappa shape index (κ1) is 13.7. The Morgan fingerprint density at radius 3 is 2.71 bits per heavy atom. The standard InChI is InChI=1S/C11H18N2O4/c1-12-6-4-10(14)13(11(12)15)5-3-7-17-9-8-16-2/h4,6H,3,5,7-9H2,1-2H3. The third-order valence-corrected chi connectivity index (χ3v) is 2.34. The molecule has 0 bridgehead atoms. The SMILES string of the molecule is COCCOCCCn1c(=O)ccn(C)c1=O. The van der Waals surface area contributed by atoms with Crippen LogP contribution in [0.4, 0.5) is 0 Å². The van der Waals surface area contributed by atoms with Gasteiger partial charge in [0.1, 0.15) is 0 Å². The molecule has 96 valence electrons. The number of ether oxygens (including phenoxy) is 2. The van der Waals surface area contributed by atoms with Gasteiger partial charge >= 0.3 is 5.69 Å². The lowest BCUT2D eigenvalue weighted by Crippen LogP contribution is -2.38. The number of hydrogen-bond donors (Lipinski definition) is 0. The zero-order valence-corrected chi connectivity index (χ0v) is 10.2. The first-order valence-electron chi connectivity index (χ1n) is 5.50. The Bertz CT molecular complexity index is 450. The van der Waals surface area contributed by atoms with Crippen molar-refractivity contribution in [1.82, 2.24) is 9.13 Å². The Balaban J connectivity index is 2.45. The van der Waals surface area contributed by atoms with Crippen molar-refractivity contribution < 1.29 is 9.47 Å². The molecule has 0 spiro atoms. The van der Waals surface area contributed by atoms with Crippen molar-refractivity contribution in [2.24, 2.45) is 7.05 Å². The van der Waals surface area contributed by atoms with Crippen LogP contribution in [0.25, 0.3) is 0 Å². The van der Waals surface area contributed by atoms with Gasteiger partial charge in [0.05, 0.1) is 13.2 Å². The topological polar surface area (TPSA) is 62.5 Å². The smallest absolute Gasteiger partial charge is 0.330 e. The monoisotopic (exact) mass is 242 g/mol. The molecule has 17 heavy (non-hydrogen) atoms. The highest BCUT2D eigenvalue weighted by molar-refractivity contribution is 4.85. The van der Waals surface area contributed by atoms with E-state index in [2.05, 4.69) is 0 Å². The van der Waals surface area contributed by atoms with Crippen molar-refractivity contribution in [1.29, 1.82) is 0 Å². The lowest BCUT2D eigenvalue weighted by atomic mass is 10.4. The minimum atomic E-state index is -0.297. The van der Waals surface area contributed by atoms with Gasteiger partial charge in [-0.05, 0) is 6.42 Å². The summed E-state index contributed by atoms with van der Waals surface area (Å²) >= 11 is 0. The first-order chi connectivity index (χ1) is 8.16. The molecular weight excluding hydrogens is 224 g/mol. The fourth-order valence-electron chi connectivity index (χ4n) is 1.39. The van der Waals surface area contributed by atoms with Crippen LogP contribution in [0.3, 0.4) is 0 Å². The van der Waals surface area contributed by atoms with Gasteiger partial charge in [-0.15, -0.1) is 0 Å². The normalized spacial score (nSPS) is 10.7. The Hall–Kier alpha value is -1.40. The average molecular weight is 242 g/mol. The Morgan fingerprint density at radius 1 is 1.24 bits per heavy atom. The third-order valence-electron chi connectivity index (χ3n) is 2.34. The predicted molar refractivity (Wildman–Crippen MR) is 63.3 cm³/mol. The molecule has 0 aliphatic carbocycles. The van der Waals surface area contributed by atoms with E-state index in [-0.39, 0.29) is 11.2 Å². The van der Waals surface area contributed by atoms with E-state index in [0.29, 0.717) is 32.8 Å². The van der Waals surface area contributed by atoms with Crippen molar-refractivity contribution in [2.75, 3.05) is 26.9 Å². The number of methoxy groups -OCH3 is 1. The van der Waals surface area contributed by atoms with Crippen LogP contribution >= 0.6 is 0 Å². The maximum absolute atomic E-state index is 11.6. The van der Waals surface area contributed by atoms with Crippen LogP contribution in [-0.4, -0.2) is 36.1 Å². The number of aromatic nitrogens is 2. The Kier molecular flexibility index (Phi) is 5.65. The van der Waals surface area contributed by atoms with E-state index in [0.717, 1.165) is 0 Å². The molecule has 1 heterocycles. The van der Waals surface area contributed by atoms with E-state index in [1.165, 1.54) is 21.4 Å². The minimum Gasteiger partial charge on any atom is -0.382 e. The van der Waals surface area contributed by atoms with E-state index >= 15 is 0 Å². The summed E-state index contributed by atoms with van der Waals surface area (Å²) in [5, 5.41) is 0. The molecule has 0 radical (unpaired) electrons. The summed E-state index contributed by atoms with van der Waals surface area (Å²) < 4.78 is 12.7. The van der Waals surface area contributed by atoms with Crippen LogP contribution < -0.4 is 11.2 Å². The quantitative estimate of drug-likeness (QED) is 0.610. The summed E-state index contributed by atoms with van der Waals surface area (Å²) in [6.45, 7) is 1.96. The summed E-state index contributed by atoms with van der Waals surface area (Å²) in [6, 6.07) is 1.38. The van der Waals surface area contributed by atoms with Crippen LogP contribution in [0.1, 0.15) is 6.42 Å². The molecule has 0 amide bonds. The van der Waals surface area contributed by atoms with E-state index in [1.54, 1.807) is 14.2 Å². The highest BCUT2D eigenvalue weighted by Crippen LogP contribution is 1.86. The van der Waals surface area contributed by atoms with Gasteiger partial charge in [-0.2, -0.15) is 0 Å². The van der Waals surface area contributed by atoms with E-state index < -0.39 is 0 Å². The van der Waals surface area contributed by atoms with Gasteiger partial charge in [-0.1, -0.05) is 0 Å². The van der Waals surface area contributed by atoms with Crippen LogP contribution in [0.2, 0.25) is 0 Å². The number of nitrogens with zero attached hydrogens (tertiary/aromatic N) is 2. The second kappa shape index (κ2) is 7.03. The maximum atomic E-state index is 11.6. The molecule has 0 N–H and O–H groups in total. The maximum Gasteiger partial charge on any atom is 0.330 e. The van der Waals surface area contributed by atoms with Gasteiger partial charge in [0.25, 0.3) is 5.56 Å². The van der Waals surface area contributed by atoms with Crippen LogP contribution in [0.5, 0.6) is 0 Å². The molecule has 0 aliphatic heterocycles. The largest absolute Gasteiger partial charge is 0.382 e. The van der Waals surface area contributed by atoms with Crippen LogP contribution in [0, 0.1) is 0 Å². The zero-order chi connectivity index (χ0) is 12.7. The molecule has 6 heteroatoms. The van der Waals surface area contributed by atoms with Crippen molar-refractivity contribution in [2.45, 2.75) is 13.0 Å². The summed E-state index contributed by atoms with van der Waals surface area (Å²) in [6.07, 6.45) is 2.10. The predicted octanol–water partition coefficient (Wildman–Crippen LogP) is -0.400. The molecule has 0 aliphatic rings. The van der Waals surface area contributed by atoms with Crippen LogP contribution in [0.15, 0.2) is 21.9 Å². The van der Waals surface area contributed by atoms with Gasteiger partial charge in [0.2, 0.25) is 0 Å². The molecule has 1 aromatic heterocycles. The van der Waals surface area contributed by atoms with Crippen molar-refractivity contribution in [3.63, 3.8) is 0 Å². The molecule has 1 rings (SSSR count). The average Bonchev–Trinajstić information content (AvgIpc) is 2.32. The zero-order valence-electron chi connectivity index (χ0n) is 10.2. The van der Waals surface area contributed by atoms with Gasteiger partial charge in [0.15, 0.2) is 0 Å². The molecule has 0 saturated carbocycles. The summed E-state index contributed by atoms with van der Waals surface area (Å²) in [5.74, 6) is 0. The number of aryl methyl sites for hydroxylation is 1. The molecule has 0 saturated heterocycles. The van der Waals surface area contributed by atoms with Gasteiger partial charge in [0, 0.05) is 39.6 Å². The molecule has 6 nitrogen and oxygen atoms in total. The van der Waals surface area contributed by atoms with E-state index in [1.807, 2.05) is 0 Å². The van der Waals surface area contributed by atoms with Gasteiger partial charge in [-0.3, -0.25) is 9.36 Å². The number of hydrogen-bond acceptors (Lipinski definition) is 4. The Labute approximate surface area is 99.4 Å². The minimum absolute atomic E-state index is 0.273. The van der Waals surface area contributed by atoms with Gasteiger partial charge in [-0.25, -0.2) is 4.79 Å². The van der Waals surface area contributed by atoms with E-state index in [9.17, 15) is 9.59 Å². The molecule has 1 aromatic rings. The van der Waals surface area contributed by atoms with Crippen molar-refractivity contribution in [3.8, 4) is 0 Å². The summed E-state index contributed by atoms with van der Waals surface area (Å²) in [5.41, 5.74) is -0.570. The second-order valence-corrected chi connectivity index (χ2v) is 3.66. The highest BCUT2D eigenvalue weighted by atomic mass is 16.5. The first-order valence-corrected chi connectivity index (χ1v) is 5.50. The molecular formula is C11H18N2O4.